The lowest BCUT2D eigenvalue weighted by Gasteiger charge is -2.29. The quantitative estimate of drug-likeness (QED) is 0.718. The van der Waals surface area contributed by atoms with Crippen LogP contribution in [0.3, 0.4) is 0 Å². The van der Waals surface area contributed by atoms with Crippen LogP contribution in [0.5, 0.6) is 0 Å². The molecule has 0 aromatic heterocycles. The first-order valence-electron chi connectivity index (χ1n) is 7.18. The van der Waals surface area contributed by atoms with Gasteiger partial charge in [-0.2, -0.15) is 0 Å². The Morgan fingerprint density at radius 1 is 1.19 bits per heavy atom. The Kier molecular flexibility index (Phi) is 7.06. The van der Waals surface area contributed by atoms with Crippen LogP contribution < -0.4 is 5.32 Å². The first-order chi connectivity index (χ1) is 7.72. The summed E-state index contributed by atoms with van der Waals surface area (Å²) in [5.41, 5.74) is 0. The van der Waals surface area contributed by atoms with E-state index in [0.717, 1.165) is 12.5 Å². The third kappa shape index (κ3) is 5.86. The van der Waals surface area contributed by atoms with E-state index < -0.39 is 0 Å². The van der Waals surface area contributed by atoms with Crippen LogP contribution in [0.1, 0.15) is 52.9 Å². The summed E-state index contributed by atoms with van der Waals surface area (Å²) in [5.74, 6) is 0.979. The Morgan fingerprint density at radius 3 is 2.44 bits per heavy atom. The van der Waals surface area contributed by atoms with Gasteiger partial charge in [0.25, 0.3) is 0 Å². The highest BCUT2D eigenvalue weighted by Gasteiger charge is 2.16. The van der Waals surface area contributed by atoms with Crippen LogP contribution in [0.25, 0.3) is 0 Å². The van der Waals surface area contributed by atoms with Gasteiger partial charge < -0.3 is 10.2 Å². The van der Waals surface area contributed by atoms with Crippen LogP contribution in [0.4, 0.5) is 0 Å². The summed E-state index contributed by atoms with van der Waals surface area (Å²) in [6, 6.07) is 0.619. The maximum atomic E-state index is 3.51. The van der Waals surface area contributed by atoms with Crippen molar-refractivity contribution in [1.29, 1.82) is 0 Å². The van der Waals surface area contributed by atoms with E-state index in [2.05, 4.69) is 31.0 Å². The molecule has 0 amide bonds. The minimum atomic E-state index is 0.619. The molecule has 0 unspecified atom stereocenters. The van der Waals surface area contributed by atoms with Crippen molar-refractivity contribution >= 4 is 0 Å². The normalized spacial score (nSPS) is 18.6. The zero-order valence-electron chi connectivity index (χ0n) is 11.5. The highest BCUT2D eigenvalue weighted by atomic mass is 15.1. The molecule has 2 heteroatoms. The summed E-state index contributed by atoms with van der Waals surface area (Å²) in [4.78, 5) is 2.62. The highest BCUT2D eigenvalue weighted by Crippen LogP contribution is 2.24. The second kappa shape index (κ2) is 8.08. The third-order valence-corrected chi connectivity index (χ3v) is 3.67. The minimum absolute atomic E-state index is 0.619. The average molecular weight is 226 g/mol. The molecule has 0 heterocycles. The maximum Gasteiger partial charge on any atom is 0.0107 e. The molecule has 1 fully saturated rings. The first kappa shape index (κ1) is 14.0. The summed E-state index contributed by atoms with van der Waals surface area (Å²) in [7, 11) is 0. The SMILES string of the molecule is CCN(CCNC(C)C)CC1CCCCC1. The molecule has 96 valence electrons. The maximum absolute atomic E-state index is 3.51. The predicted molar refractivity (Wildman–Crippen MR) is 71.8 cm³/mol. The Labute approximate surface area is 102 Å². The van der Waals surface area contributed by atoms with Crippen molar-refractivity contribution in [2.45, 2.75) is 58.9 Å². The molecule has 0 bridgehead atoms. The van der Waals surface area contributed by atoms with Crippen molar-refractivity contribution in [2.24, 2.45) is 5.92 Å². The monoisotopic (exact) mass is 226 g/mol. The van der Waals surface area contributed by atoms with Gasteiger partial charge in [-0.05, 0) is 25.3 Å². The number of hydrogen-bond acceptors (Lipinski definition) is 2. The fourth-order valence-corrected chi connectivity index (χ4v) is 2.62. The topological polar surface area (TPSA) is 15.3 Å². The van der Waals surface area contributed by atoms with Gasteiger partial charge in [0.05, 0.1) is 0 Å². The van der Waals surface area contributed by atoms with Crippen molar-refractivity contribution in [3.8, 4) is 0 Å². The molecule has 1 rings (SSSR count). The molecule has 1 aliphatic carbocycles. The molecule has 1 saturated carbocycles. The Morgan fingerprint density at radius 2 is 1.88 bits per heavy atom. The molecule has 0 aliphatic heterocycles. The van der Waals surface area contributed by atoms with Crippen LogP contribution in [0.15, 0.2) is 0 Å². The average Bonchev–Trinajstić information content (AvgIpc) is 2.28. The third-order valence-electron chi connectivity index (χ3n) is 3.67. The molecule has 0 atom stereocenters. The van der Waals surface area contributed by atoms with E-state index in [9.17, 15) is 0 Å². The van der Waals surface area contributed by atoms with Crippen LogP contribution in [-0.4, -0.2) is 37.1 Å². The molecule has 0 saturated heterocycles. The van der Waals surface area contributed by atoms with Gasteiger partial charge in [-0.15, -0.1) is 0 Å². The van der Waals surface area contributed by atoms with Gasteiger partial charge in [0.15, 0.2) is 0 Å². The highest BCUT2D eigenvalue weighted by molar-refractivity contribution is 4.70. The van der Waals surface area contributed by atoms with Gasteiger partial charge in [0.2, 0.25) is 0 Å². The zero-order chi connectivity index (χ0) is 11.8. The van der Waals surface area contributed by atoms with Crippen LogP contribution >= 0.6 is 0 Å². The van der Waals surface area contributed by atoms with Gasteiger partial charge in [0, 0.05) is 25.7 Å². The van der Waals surface area contributed by atoms with Crippen LogP contribution in [0, 0.1) is 5.92 Å². The molecule has 2 nitrogen and oxygen atoms in total. The van der Waals surface area contributed by atoms with Crippen molar-refractivity contribution in [3.05, 3.63) is 0 Å². The summed E-state index contributed by atoms with van der Waals surface area (Å²) in [5, 5.41) is 3.51. The Bertz CT molecular complexity index is 162. The zero-order valence-corrected chi connectivity index (χ0v) is 11.5. The van der Waals surface area contributed by atoms with E-state index in [1.165, 1.54) is 51.7 Å². The van der Waals surface area contributed by atoms with E-state index in [4.69, 9.17) is 0 Å². The Balaban J connectivity index is 2.14. The number of nitrogens with zero attached hydrogens (tertiary/aromatic N) is 1. The Hall–Kier alpha value is -0.0800. The van der Waals surface area contributed by atoms with Crippen LogP contribution in [0.2, 0.25) is 0 Å². The molecule has 0 aromatic rings. The van der Waals surface area contributed by atoms with Gasteiger partial charge in [0.1, 0.15) is 0 Å². The van der Waals surface area contributed by atoms with Crippen molar-refractivity contribution < 1.29 is 0 Å². The molecule has 0 radical (unpaired) electrons. The lowest BCUT2D eigenvalue weighted by atomic mass is 9.89. The van der Waals surface area contributed by atoms with Gasteiger partial charge in [-0.3, -0.25) is 0 Å². The fourth-order valence-electron chi connectivity index (χ4n) is 2.62. The summed E-state index contributed by atoms with van der Waals surface area (Å²) >= 11 is 0. The summed E-state index contributed by atoms with van der Waals surface area (Å²) < 4.78 is 0. The number of rotatable bonds is 7. The second-order valence-electron chi connectivity index (χ2n) is 5.51. The lowest BCUT2D eigenvalue weighted by Crippen LogP contribution is -2.37. The predicted octanol–water partition coefficient (Wildman–Crippen LogP) is 2.89. The number of hydrogen-bond donors (Lipinski definition) is 1. The van der Waals surface area contributed by atoms with Gasteiger partial charge in [-0.25, -0.2) is 0 Å². The van der Waals surface area contributed by atoms with E-state index in [1.54, 1.807) is 0 Å². The van der Waals surface area contributed by atoms with E-state index in [0.29, 0.717) is 6.04 Å². The van der Waals surface area contributed by atoms with Crippen LogP contribution in [-0.2, 0) is 0 Å². The van der Waals surface area contributed by atoms with Gasteiger partial charge >= 0.3 is 0 Å². The standard InChI is InChI=1S/C14H30N2/c1-4-16(11-10-15-13(2)3)12-14-8-6-5-7-9-14/h13-15H,4-12H2,1-3H3. The molecule has 0 aromatic carbocycles. The lowest BCUT2D eigenvalue weighted by molar-refractivity contribution is 0.207. The number of likely N-dealkylation sites (N-methyl/N-ethyl adjacent to an activating group) is 1. The molecule has 16 heavy (non-hydrogen) atoms. The molecular formula is C14H30N2. The first-order valence-corrected chi connectivity index (χ1v) is 7.18. The molecule has 0 spiro atoms. The summed E-state index contributed by atoms with van der Waals surface area (Å²) in [6.07, 6.45) is 7.33. The molecular weight excluding hydrogens is 196 g/mol. The fraction of sp³-hybridized carbons (Fsp3) is 1.00. The molecule has 1 aliphatic rings. The van der Waals surface area contributed by atoms with E-state index in [-0.39, 0.29) is 0 Å². The molecule has 1 N–H and O–H groups in total. The van der Waals surface area contributed by atoms with Gasteiger partial charge in [-0.1, -0.05) is 40.0 Å². The largest absolute Gasteiger partial charge is 0.313 e. The minimum Gasteiger partial charge on any atom is -0.313 e. The summed E-state index contributed by atoms with van der Waals surface area (Å²) in [6.45, 7) is 11.6. The smallest absolute Gasteiger partial charge is 0.0107 e. The van der Waals surface area contributed by atoms with E-state index >= 15 is 0 Å². The van der Waals surface area contributed by atoms with Crippen molar-refractivity contribution in [3.63, 3.8) is 0 Å². The van der Waals surface area contributed by atoms with Crippen molar-refractivity contribution in [2.75, 3.05) is 26.2 Å². The second-order valence-corrected chi connectivity index (χ2v) is 5.51. The van der Waals surface area contributed by atoms with E-state index in [1.807, 2.05) is 0 Å². The van der Waals surface area contributed by atoms with Crippen molar-refractivity contribution in [1.82, 2.24) is 10.2 Å². The number of nitrogens with one attached hydrogen (secondary N) is 1.